The summed E-state index contributed by atoms with van der Waals surface area (Å²) in [4.78, 5) is 15.5. The zero-order valence-electron chi connectivity index (χ0n) is 11.4. The first kappa shape index (κ1) is 13.7. The number of hydrogen-bond donors (Lipinski definition) is 2. The average molecular weight is 335 g/mol. The summed E-state index contributed by atoms with van der Waals surface area (Å²) in [6.07, 6.45) is 7.27. The van der Waals surface area contributed by atoms with Crippen LogP contribution in [0.1, 0.15) is 49.0 Å². The lowest BCUT2D eigenvalue weighted by Crippen LogP contribution is -2.34. The van der Waals surface area contributed by atoms with E-state index in [2.05, 4.69) is 26.2 Å². The average Bonchev–Trinajstić information content (AvgIpc) is 2.68. The minimum atomic E-state index is 0.0178. The van der Waals surface area contributed by atoms with Gasteiger partial charge in [0, 0.05) is 21.4 Å². The molecule has 1 aliphatic rings. The van der Waals surface area contributed by atoms with Crippen molar-refractivity contribution in [2.24, 2.45) is 0 Å². The molecule has 2 N–H and O–H groups in total. The summed E-state index contributed by atoms with van der Waals surface area (Å²) in [6.45, 7) is 0. The third kappa shape index (κ3) is 3.06. The van der Waals surface area contributed by atoms with Gasteiger partial charge in [-0.1, -0.05) is 47.7 Å². The Labute approximate surface area is 127 Å². The summed E-state index contributed by atoms with van der Waals surface area (Å²) >= 11 is 3.45. The molecule has 1 heterocycles. The van der Waals surface area contributed by atoms with Gasteiger partial charge in [0.15, 0.2) is 0 Å². The van der Waals surface area contributed by atoms with Crippen LogP contribution >= 0.6 is 15.9 Å². The Hall–Kier alpha value is -1.29. The van der Waals surface area contributed by atoms with E-state index in [4.69, 9.17) is 0 Å². The predicted molar refractivity (Wildman–Crippen MR) is 85.0 cm³/mol. The van der Waals surface area contributed by atoms with Crippen molar-refractivity contribution in [1.29, 1.82) is 0 Å². The Morgan fingerprint density at radius 1 is 1.15 bits per heavy atom. The molecule has 1 aliphatic carbocycles. The molecule has 1 aromatic carbocycles. The van der Waals surface area contributed by atoms with Gasteiger partial charge in [0.25, 0.3) is 5.91 Å². The molecule has 0 atom stereocenters. The van der Waals surface area contributed by atoms with Crippen LogP contribution < -0.4 is 5.32 Å². The molecule has 0 spiro atoms. The fourth-order valence-electron chi connectivity index (χ4n) is 2.91. The zero-order chi connectivity index (χ0) is 13.9. The molecule has 4 heteroatoms. The largest absolute Gasteiger partial charge is 0.350 e. The second-order valence-electron chi connectivity index (χ2n) is 5.58. The van der Waals surface area contributed by atoms with E-state index in [1.165, 1.54) is 25.7 Å². The van der Waals surface area contributed by atoms with Crippen LogP contribution in [0.5, 0.6) is 0 Å². The molecule has 1 aromatic heterocycles. The highest BCUT2D eigenvalue weighted by Gasteiger charge is 2.17. The third-order valence-corrected chi connectivity index (χ3v) is 4.51. The molecule has 0 bridgehead atoms. The van der Waals surface area contributed by atoms with Gasteiger partial charge in [-0.3, -0.25) is 4.79 Å². The van der Waals surface area contributed by atoms with Gasteiger partial charge in [0.1, 0.15) is 5.69 Å². The van der Waals surface area contributed by atoms with E-state index in [1.54, 1.807) is 0 Å². The van der Waals surface area contributed by atoms with Crippen molar-refractivity contribution < 1.29 is 4.79 Å². The number of hydrogen-bond acceptors (Lipinski definition) is 1. The van der Waals surface area contributed by atoms with Crippen LogP contribution in [0.15, 0.2) is 28.7 Å². The van der Waals surface area contributed by atoms with Gasteiger partial charge < -0.3 is 10.3 Å². The number of carbonyl (C=O) groups excluding carboxylic acids is 1. The lowest BCUT2D eigenvalue weighted by Gasteiger charge is -2.15. The van der Waals surface area contributed by atoms with Gasteiger partial charge in [-0.25, -0.2) is 0 Å². The number of aromatic amines is 1. The molecule has 2 aromatic rings. The molecular weight excluding hydrogens is 316 g/mol. The predicted octanol–water partition coefficient (Wildman–Crippen LogP) is 4.38. The number of benzene rings is 1. The quantitative estimate of drug-likeness (QED) is 0.786. The van der Waals surface area contributed by atoms with Crippen molar-refractivity contribution in [3.63, 3.8) is 0 Å². The van der Waals surface area contributed by atoms with Crippen molar-refractivity contribution in [1.82, 2.24) is 10.3 Å². The number of fused-ring (bicyclic) bond motifs is 1. The van der Waals surface area contributed by atoms with Gasteiger partial charge in [-0.15, -0.1) is 0 Å². The Morgan fingerprint density at radius 3 is 2.65 bits per heavy atom. The van der Waals surface area contributed by atoms with Crippen molar-refractivity contribution in [3.8, 4) is 0 Å². The van der Waals surface area contributed by atoms with Gasteiger partial charge in [0.2, 0.25) is 0 Å². The van der Waals surface area contributed by atoms with Crippen LogP contribution in [-0.2, 0) is 0 Å². The summed E-state index contributed by atoms with van der Waals surface area (Å²) in [5.41, 5.74) is 1.65. The standard InChI is InChI=1S/C16H19BrN2O/c17-12-8-7-11-9-15(19-14(11)10-12)16(20)18-13-5-3-1-2-4-6-13/h7-10,13,19H,1-6H2,(H,18,20). The Balaban J connectivity index is 1.74. The fraction of sp³-hybridized carbons (Fsp3) is 0.438. The van der Waals surface area contributed by atoms with Crippen molar-refractivity contribution in [2.75, 3.05) is 0 Å². The lowest BCUT2D eigenvalue weighted by molar-refractivity contribution is 0.0929. The zero-order valence-corrected chi connectivity index (χ0v) is 13.0. The molecule has 3 nitrogen and oxygen atoms in total. The molecular formula is C16H19BrN2O. The van der Waals surface area contributed by atoms with Crippen molar-refractivity contribution >= 4 is 32.7 Å². The summed E-state index contributed by atoms with van der Waals surface area (Å²) in [5, 5.41) is 4.24. The maximum absolute atomic E-state index is 12.3. The highest BCUT2D eigenvalue weighted by atomic mass is 79.9. The van der Waals surface area contributed by atoms with E-state index in [0.717, 1.165) is 28.2 Å². The van der Waals surface area contributed by atoms with E-state index < -0.39 is 0 Å². The monoisotopic (exact) mass is 334 g/mol. The third-order valence-electron chi connectivity index (χ3n) is 4.02. The van der Waals surface area contributed by atoms with Gasteiger partial charge in [0.05, 0.1) is 0 Å². The van der Waals surface area contributed by atoms with Crippen LogP contribution in [0, 0.1) is 0 Å². The van der Waals surface area contributed by atoms with Gasteiger partial charge >= 0.3 is 0 Å². The van der Waals surface area contributed by atoms with E-state index in [0.29, 0.717) is 11.7 Å². The number of aromatic nitrogens is 1. The molecule has 1 fully saturated rings. The molecule has 20 heavy (non-hydrogen) atoms. The second kappa shape index (κ2) is 6.00. The number of H-pyrrole nitrogens is 1. The molecule has 0 saturated heterocycles. The first-order chi connectivity index (χ1) is 9.72. The van der Waals surface area contributed by atoms with Crippen LogP contribution in [0.25, 0.3) is 10.9 Å². The molecule has 1 saturated carbocycles. The number of carbonyl (C=O) groups is 1. The molecule has 0 unspecified atom stereocenters. The molecule has 0 radical (unpaired) electrons. The Kier molecular flexibility index (Phi) is 4.10. The van der Waals surface area contributed by atoms with Crippen LogP contribution in [-0.4, -0.2) is 16.9 Å². The highest BCUT2D eigenvalue weighted by molar-refractivity contribution is 9.10. The SMILES string of the molecule is O=C(NC1CCCCCC1)c1cc2ccc(Br)cc2[nH]1. The first-order valence-electron chi connectivity index (χ1n) is 7.31. The summed E-state index contributed by atoms with van der Waals surface area (Å²) < 4.78 is 1.02. The van der Waals surface area contributed by atoms with Crippen LogP contribution in [0.2, 0.25) is 0 Å². The van der Waals surface area contributed by atoms with Crippen LogP contribution in [0.4, 0.5) is 0 Å². The van der Waals surface area contributed by atoms with Crippen molar-refractivity contribution in [3.05, 3.63) is 34.4 Å². The normalized spacial score (nSPS) is 17.1. The summed E-state index contributed by atoms with van der Waals surface area (Å²) in [7, 11) is 0. The highest BCUT2D eigenvalue weighted by Crippen LogP contribution is 2.21. The fourth-order valence-corrected chi connectivity index (χ4v) is 3.27. The topological polar surface area (TPSA) is 44.9 Å². The van der Waals surface area contributed by atoms with E-state index in [9.17, 15) is 4.79 Å². The van der Waals surface area contributed by atoms with E-state index in [-0.39, 0.29) is 5.91 Å². The minimum absolute atomic E-state index is 0.0178. The van der Waals surface area contributed by atoms with E-state index >= 15 is 0 Å². The number of rotatable bonds is 2. The van der Waals surface area contributed by atoms with Gasteiger partial charge in [-0.05, 0) is 31.0 Å². The van der Waals surface area contributed by atoms with E-state index in [1.807, 2.05) is 24.3 Å². The molecule has 106 valence electrons. The maximum atomic E-state index is 12.3. The number of amides is 1. The smallest absolute Gasteiger partial charge is 0.267 e. The minimum Gasteiger partial charge on any atom is -0.350 e. The van der Waals surface area contributed by atoms with Gasteiger partial charge in [-0.2, -0.15) is 0 Å². The Bertz CT molecular complexity index is 612. The number of halogens is 1. The van der Waals surface area contributed by atoms with Crippen molar-refractivity contribution in [2.45, 2.75) is 44.6 Å². The lowest BCUT2D eigenvalue weighted by atomic mass is 10.1. The van der Waals surface area contributed by atoms with Crippen LogP contribution in [0.3, 0.4) is 0 Å². The second-order valence-corrected chi connectivity index (χ2v) is 6.49. The molecule has 1 amide bonds. The number of nitrogens with one attached hydrogen (secondary N) is 2. The Morgan fingerprint density at radius 2 is 1.90 bits per heavy atom. The molecule has 0 aliphatic heterocycles. The summed E-state index contributed by atoms with van der Waals surface area (Å²) in [6, 6.07) is 8.26. The first-order valence-corrected chi connectivity index (χ1v) is 8.11. The maximum Gasteiger partial charge on any atom is 0.267 e. The molecule has 3 rings (SSSR count). The summed E-state index contributed by atoms with van der Waals surface area (Å²) in [5.74, 6) is 0.0178.